The van der Waals surface area contributed by atoms with Crippen molar-refractivity contribution in [3.8, 4) is 0 Å². The van der Waals surface area contributed by atoms with Crippen molar-refractivity contribution in [2.75, 3.05) is 18.2 Å². The summed E-state index contributed by atoms with van der Waals surface area (Å²) >= 11 is 1.41. The molecule has 0 spiro atoms. The summed E-state index contributed by atoms with van der Waals surface area (Å²) in [6.07, 6.45) is 4.15. The van der Waals surface area contributed by atoms with E-state index in [1.54, 1.807) is 24.1 Å². The lowest BCUT2D eigenvalue weighted by Gasteiger charge is -2.15. The zero-order valence-corrected chi connectivity index (χ0v) is 13.1. The van der Waals surface area contributed by atoms with Crippen molar-refractivity contribution in [3.63, 3.8) is 0 Å². The van der Waals surface area contributed by atoms with Crippen molar-refractivity contribution >= 4 is 35.2 Å². The first kappa shape index (κ1) is 14.7. The van der Waals surface area contributed by atoms with E-state index in [4.69, 9.17) is 4.42 Å². The molecule has 0 fully saturated rings. The smallest absolute Gasteiger partial charge is 0.239 e. The van der Waals surface area contributed by atoms with Gasteiger partial charge in [0, 0.05) is 17.6 Å². The molecule has 1 aliphatic rings. The molecule has 0 radical (unpaired) electrons. The summed E-state index contributed by atoms with van der Waals surface area (Å²) in [5, 5.41) is 0. The van der Waals surface area contributed by atoms with Crippen LogP contribution in [0.1, 0.15) is 17.2 Å². The number of anilines is 1. The van der Waals surface area contributed by atoms with Crippen molar-refractivity contribution in [3.05, 3.63) is 58.9 Å². The lowest BCUT2D eigenvalue weighted by molar-refractivity contribution is -0.118. The van der Waals surface area contributed by atoms with Crippen LogP contribution in [0.4, 0.5) is 5.69 Å². The Labute approximate surface area is 132 Å². The van der Waals surface area contributed by atoms with Crippen molar-refractivity contribution < 1.29 is 14.0 Å². The van der Waals surface area contributed by atoms with Gasteiger partial charge in [0.1, 0.15) is 5.76 Å². The second-order valence-corrected chi connectivity index (χ2v) is 5.81. The van der Waals surface area contributed by atoms with Crippen LogP contribution in [0.5, 0.6) is 0 Å². The van der Waals surface area contributed by atoms with Crippen LogP contribution in [0.2, 0.25) is 0 Å². The Balaban J connectivity index is 2.19. The number of para-hydroxylation sites is 1. The molecule has 1 atom stereocenters. The molecule has 0 aliphatic carbocycles. The zero-order chi connectivity index (χ0) is 15.7. The van der Waals surface area contributed by atoms with Crippen LogP contribution in [-0.4, -0.2) is 25.5 Å². The van der Waals surface area contributed by atoms with Crippen LogP contribution in [0.15, 0.2) is 52.0 Å². The summed E-state index contributed by atoms with van der Waals surface area (Å²) in [4.78, 5) is 26.6. The minimum Gasteiger partial charge on any atom is -0.464 e. The van der Waals surface area contributed by atoms with Crippen molar-refractivity contribution in [1.29, 1.82) is 0 Å². The second-order valence-electron chi connectivity index (χ2n) is 4.97. The first-order valence-corrected chi connectivity index (χ1v) is 8.05. The molecular weight excluding hydrogens is 298 g/mol. The van der Waals surface area contributed by atoms with Crippen LogP contribution in [0.3, 0.4) is 0 Å². The van der Waals surface area contributed by atoms with Gasteiger partial charge in [0.2, 0.25) is 5.91 Å². The van der Waals surface area contributed by atoms with E-state index in [1.165, 1.54) is 18.0 Å². The number of nitrogens with zero attached hydrogens (tertiary/aromatic N) is 1. The van der Waals surface area contributed by atoms with E-state index in [2.05, 4.69) is 0 Å². The highest BCUT2D eigenvalue weighted by Gasteiger charge is 2.38. The van der Waals surface area contributed by atoms with Crippen molar-refractivity contribution in [2.45, 2.75) is 5.92 Å². The highest BCUT2D eigenvalue weighted by Crippen LogP contribution is 2.45. The van der Waals surface area contributed by atoms with Crippen LogP contribution >= 0.6 is 11.8 Å². The maximum Gasteiger partial charge on any atom is 0.239 e. The summed E-state index contributed by atoms with van der Waals surface area (Å²) in [6, 6.07) is 11.1. The summed E-state index contributed by atoms with van der Waals surface area (Å²) in [5.74, 6) is -0.00265. The van der Waals surface area contributed by atoms with E-state index in [-0.39, 0.29) is 5.91 Å². The molecule has 2 heterocycles. The number of amides is 1. The molecule has 1 unspecified atom stereocenters. The van der Waals surface area contributed by atoms with E-state index in [0.717, 1.165) is 17.5 Å². The molecule has 3 rings (SSSR count). The fourth-order valence-electron chi connectivity index (χ4n) is 2.79. The maximum absolute atomic E-state index is 12.7. The molecule has 2 aromatic rings. The molecule has 1 aromatic heterocycles. The molecule has 4 nitrogen and oxygen atoms in total. The molecule has 22 heavy (non-hydrogen) atoms. The normalized spacial score (nSPS) is 18.2. The van der Waals surface area contributed by atoms with Gasteiger partial charge in [-0.2, -0.15) is 0 Å². The average Bonchev–Trinajstić information content (AvgIpc) is 3.15. The quantitative estimate of drug-likeness (QED) is 0.642. The van der Waals surface area contributed by atoms with Crippen molar-refractivity contribution in [2.24, 2.45) is 0 Å². The maximum atomic E-state index is 12.7. The lowest BCUT2D eigenvalue weighted by atomic mass is 9.97. The van der Waals surface area contributed by atoms with Gasteiger partial charge in [-0.3, -0.25) is 9.59 Å². The number of hydrogen-bond donors (Lipinski definition) is 0. The van der Waals surface area contributed by atoms with Gasteiger partial charge in [-0.1, -0.05) is 18.2 Å². The van der Waals surface area contributed by atoms with Crippen LogP contribution < -0.4 is 4.90 Å². The van der Waals surface area contributed by atoms with Gasteiger partial charge in [0.05, 0.1) is 17.8 Å². The number of hydrogen-bond acceptors (Lipinski definition) is 4. The Morgan fingerprint density at radius 1 is 1.27 bits per heavy atom. The van der Waals surface area contributed by atoms with E-state index in [0.29, 0.717) is 16.2 Å². The lowest BCUT2D eigenvalue weighted by Crippen LogP contribution is -2.24. The Kier molecular flexibility index (Phi) is 3.90. The molecule has 0 bridgehead atoms. The third-order valence-electron chi connectivity index (χ3n) is 3.84. The number of rotatable bonds is 4. The summed E-state index contributed by atoms with van der Waals surface area (Å²) < 4.78 is 5.35. The Hall–Kier alpha value is -2.27. The fraction of sp³-hybridized carbons (Fsp3) is 0.176. The number of likely N-dealkylation sites (N-methyl/N-ethyl adjacent to an activating group) is 1. The predicted octanol–water partition coefficient (Wildman–Crippen LogP) is 3.31. The third-order valence-corrected chi connectivity index (χ3v) is 4.73. The molecule has 1 aromatic carbocycles. The number of benzene rings is 1. The van der Waals surface area contributed by atoms with Crippen LogP contribution in [0.25, 0.3) is 5.57 Å². The zero-order valence-electron chi connectivity index (χ0n) is 12.3. The Bertz CT molecular complexity index is 749. The van der Waals surface area contributed by atoms with Gasteiger partial charge < -0.3 is 9.32 Å². The second kappa shape index (κ2) is 5.85. The molecule has 0 N–H and O–H groups in total. The Morgan fingerprint density at radius 2 is 2.05 bits per heavy atom. The van der Waals surface area contributed by atoms with E-state index in [1.807, 2.05) is 30.5 Å². The standard InChI is InChI=1S/C17H15NO3S/c1-18-13-7-4-3-6-11(13)15(17(18)20)16(22-2)12(10-19)14-8-5-9-21-14/h3-10,15H,1-2H3/b16-12-. The fourth-order valence-corrected chi connectivity index (χ4v) is 3.62. The number of allylic oxidation sites excluding steroid dienone is 1. The van der Waals surface area contributed by atoms with Gasteiger partial charge in [0.25, 0.3) is 0 Å². The summed E-state index contributed by atoms with van der Waals surface area (Å²) in [7, 11) is 1.76. The van der Waals surface area contributed by atoms with Gasteiger partial charge in [-0.25, -0.2) is 0 Å². The molecular formula is C17H15NO3S. The number of aldehydes is 1. The topological polar surface area (TPSA) is 50.5 Å². The number of carbonyl (C=O) groups is 2. The summed E-state index contributed by atoms with van der Waals surface area (Å²) in [6.45, 7) is 0. The van der Waals surface area contributed by atoms with E-state index < -0.39 is 5.92 Å². The Morgan fingerprint density at radius 3 is 2.68 bits per heavy atom. The molecule has 0 saturated heterocycles. The molecule has 1 amide bonds. The highest BCUT2D eigenvalue weighted by molar-refractivity contribution is 8.02. The highest BCUT2D eigenvalue weighted by atomic mass is 32.2. The number of thioether (sulfide) groups is 1. The molecule has 112 valence electrons. The minimum absolute atomic E-state index is 0.0311. The average molecular weight is 313 g/mol. The van der Waals surface area contributed by atoms with Crippen molar-refractivity contribution in [1.82, 2.24) is 0 Å². The van der Waals surface area contributed by atoms with Gasteiger partial charge in [0.15, 0.2) is 6.29 Å². The van der Waals surface area contributed by atoms with Crippen LogP contribution in [-0.2, 0) is 9.59 Å². The van der Waals surface area contributed by atoms with E-state index >= 15 is 0 Å². The van der Waals surface area contributed by atoms with E-state index in [9.17, 15) is 9.59 Å². The largest absolute Gasteiger partial charge is 0.464 e. The monoisotopic (exact) mass is 313 g/mol. The minimum atomic E-state index is -0.457. The summed E-state index contributed by atoms with van der Waals surface area (Å²) in [5.41, 5.74) is 2.24. The van der Waals surface area contributed by atoms with Crippen LogP contribution in [0, 0.1) is 0 Å². The van der Waals surface area contributed by atoms with Gasteiger partial charge >= 0.3 is 0 Å². The van der Waals surface area contributed by atoms with Gasteiger partial charge in [-0.15, -0.1) is 11.8 Å². The first-order valence-electron chi connectivity index (χ1n) is 6.82. The molecule has 0 saturated carbocycles. The molecule has 1 aliphatic heterocycles. The third kappa shape index (κ3) is 2.18. The number of furan rings is 1. The predicted molar refractivity (Wildman–Crippen MR) is 87.8 cm³/mol. The molecule has 5 heteroatoms. The number of fused-ring (bicyclic) bond motifs is 1. The first-order chi connectivity index (χ1) is 10.7. The van der Waals surface area contributed by atoms with Gasteiger partial charge in [-0.05, 0) is 30.0 Å². The SMILES string of the molecule is CS/C(=C(/C=O)c1ccco1)C1C(=O)N(C)c2ccccc21. The number of carbonyl (C=O) groups excluding carboxylic acids is 2.